The summed E-state index contributed by atoms with van der Waals surface area (Å²) in [6, 6.07) is 6.00. The maximum atomic E-state index is 12.2. The molecule has 5 heteroatoms. The molecule has 0 radical (unpaired) electrons. The third-order valence-corrected chi connectivity index (χ3v) is 4.05. The van der Waals surface area contributed by atoms with Crippen LogP contribution in [0.1, 0.15) is 36.0 Å². The van der Waals surface area contributed by atoms with E-state index < -0.39 is 0 Å². The molecule has 2 heterocycles. The molecule has 0 saturated heterocycles. The highest BCUT2D eigenvalue weighted by Gasteiger charge is 2.20. The summed E-state index contributed by atoms with van der Waals surface area (Å²) in [6.07, 6.45) is 7.90. The number of nitrogens with one attached hydrogen (secondary N) is 1. The minimum absolute atomic E-state index is 0.0506. The number of hydrogen-bond acceptors (Lipinski definition) is 3. The van der Waals surface area contributed by atoms with Crippen LogP contribution in [0, 0.1) is 5.92 Å². The lowest BCUT2D eigenvalue weighted by molar-refractivity contribution is 0.0944. The summed E-state index contributed by atoms with van der Waals surface area (Å²) in [6.45, 7) is 0.705. The molecule has 2 aromatic rings. The first-order chi connectivity index (χ1) is 9.74. The molecule has 1 aliphatic carbocycles. The van der Waals surface area contributed by atoms with Crippen molar-refractivity contribution in [1.82, 2.24) is 14.9 Å². The van der Waals surface area contributed by atoms with Crippen LogP contribution in [-0.4, -0.2) is 28.1 Å². The van der Waals surface area contributed by atoms with Crippen LogP contribution < -0.4 is 11.1 Å². The zero-order valence-corrected chi connectivity index (χ0v) is 11.5. The van der Waals surface area contributed by atoms with Gasteiger partial charge in [-0.05, 0) is 37.3 Å². The smallest absolute Gasteiger partial charge is 0.255 e. The van der Waals surface area contributed by atoms with Crippen molar-refractivity contribution in [2.45, 2.75) is 31.7 Å². The standard InChI is InChI=1S/C15H20N4O/c16-12-5-3-4-11(8-12)9-17-15(20)13-10-18-19-7-2-1-6-14(13)19/h1-2,6-7,10-12H,3-5,8-9,16H2,(H,17,20). The Labute approximate surface area is 118 Å². The minimum atomic E-state index is -0.0506. The zero-order chi connectivity index (χ0) is 13.9. The summed E-state index contributed by atoms with van der Waals surface area (Å²) < 4.78 is 1.71. The Morgan fingerprint density at radius 3 is 3.20 bits per heavy atom. The Morgan fingerprint density at radius 2 is 2.35 bits per heavy atom. The van der Waals surface area contributed by atoms with Gasteiger partial charge in [0.25, 0.3) is 5.91 Å². The van der Waals surface area contributed by atoms with E-state index >= 15 is 0 Å². The molecule has 2 unspecified atom stereocenters. The summed E-state index contributed by atoms with van der Waals surface area (Å²) in [5, 5.41) is 7.20. The van der Waals surface area contributed by atoms with Gasteiger partial charge in [-0.3, -0.25) is 4.79 Å². The predicted molar refractivity (Wildman–Crippen MR) is 77.5 cm³/mol. The van der Waals surface area contributed by atoms with Crippen molar-refractivity contribution < 1.29 is 4.79 Å². The molecule has 0 bridgehead atoms. The van der Waals surface area contributed by atoms with E-state index in [1.807, 2.05) is 24.4 Å². The van der Waals surface area contributed by atoms with Crippen molar-refractivity contribution in [2.75, 3.05) is 6.54 Å². The molecule has 106 valence electrons. The number of fused-ring (bicyclic) bond motifs is 1. The topological polar surface area (TPSA) is 72.4 Å². The quantitative estimate of drug-likeness (QED) is 0.891. The van der Waals surface area contributed by atoms with Gasteiger partial charge in [0, 0.05) is 18.8 Å². The van der Waals surface area contributed by atoms with Gasteiger partial charge in [-0.15, -0.1) is 0 Å². The Morgan fingerprint density at radius 1 is 1.45 bits per heavy atom. The fourth-order valence-electron chi connectivity index (χ4n) is 2.96. The molecule has 20 heavy (non-hydrogen) atoms. The van der Waals surface area contributed by atoms with Crippen molar-refractivity contribution in [1.29, 1.82) is 0 Å². The van der Waals surface area contributed by atoms with Crippen LogP contribution in [0.25, 0.3) is 5.52 Å². The molecule has 0 spiro atoms. The molecule has 3 rings (SSSR count). The highest BCUT2D eigenvalue weighted by molar-refractivity contribution is 6.00. The van der Waals surface area contributed by atoms with Gasteiger partial charge in [0.15, 0.2) is 0 Å². The Bertz CT molecular complexity index is 607. The van der Waals surface area contributed by atoms with Crippen molar-refractivity contribution >= 4 is 11.4 Å². The van der Waals surface area contributed by atoms with Crippen LogP contribution in [0.5, 0.6) is 0 Å². The van der Waals surface area contributed by atoms with E-state index in [1.165, 1.54) is 6.42 Å². The maximum Gasteiger partial charge on any atom is 0.255 e. The Balaban J connectivity index is 1.64. The van der Waals surface area contributed by atoms with Crippen molar-refractivity contribution in [3.8, 4) is 0 Å². The molecule has 1 fully saturated rings. The maximum absolute atomic E-state index is 12.2. The second kappa shape index (κ2) is 5.63. The Kier molecular flexibility index (Phi) is 3.69. The normalized spacial score (nSPS) is 22.9. The SMILES string of the molecule is NC1CCCC(CNC(=O)c2cnn3ccccc23)C1. The van der Waals surface area contributed by atoms with Crippen molar-refractivity contribution in [2.24, 2.45) is 11.7 Å². The van der Waals surface area contributed by atoms with Crippen LogP contribution in [0.15, 0.2) is 30.6 Å². The monoisotopic (exact) mass is 272 g/mol. The van der Waals surface area contributed by atoms with Gasteiger partial charge in [0.2, 0.25) is 0 Å². The summed E-state index contributed by atoms with van der Waals surface area (Å²) in [5.41, 5.74) is 7.44. The first kappa shape index (κ1) is 13.1. The van der Waals surface area contributed by atoms with Gasteiger partial charge in [0.1, 0.15) is 0 Å². The van der Waals surface area contributed by atoms with Gasteiger partial charge < -0.3 is 11.1 Å². The predicted octanol–water partition coefficient (Wildman–Crippen LogP) is 1.58. The summed E-state index contributed by atoms with van der Waals surface area (Å²) >= 11 is 0. The molecule has 1 aliphatic rings. The number of carbonyl (C=O) groups is 1. The van der Waals surface area contributed by atoms with Gasteiger partial charge in [0.05, 0.1) is 17.3 Å². The van der Waals surface area contributed by atoms with Crippen LogP contribution in [-0.2, 0) is 0 Å². The highest BCUT2D eigenvalue weighted by atomic mass is 16.1. The van der Waals surface area contributed by atoms with Crippen molar-refractivity contribution in [3.63, 3.8) is 0 Å². The molecule has 1 saturated carbocycles. The van der Waals surface area contributed by atoms with E-state index in [4.69, 9.17) is 5.73 Å². The number of rotatable bonds is 3. The number of nitrogens with zero attached hydrogens (tertiary/aromatic N) is 2. The number of amides is 1. The number of pyridine rings is 1. The van der Waals surface area contributed by atoms with E-state index in [9.17, 15) is 4.79 Å². The number of aromatic nitrogens is 2. The molecule has 5 nitrogen and oxygen atoms in total. The molecule has 2 aromatic heterocycles. The highest BCUT2D eigenvalue weighted by Crippen LogP contribution is 2.22. The van der Waals surface area contributed by atoms with E-state index in [-0.39, 0.29) is 5.91 Å². The largest absolute Gasteiger partial charge is 0.352 e. The molecular formula is C15H20N4O. The van der Waals surface area contributed by atoms with Gasteiger partial charge in [-0.2, -0.15) is 5.10 Å². The van der Waals surface area contributed by atoms with E-state index in [1.54, 1.807) is 10.7 Å². The lowest BCUT2D eigenvalue weighted by atomic mass is 9.86. The molecule has 1 amide bonds. The van der Waals surface area contributed by atoms with Crippen LogP contribution in [0.3, 0.4) is 0 Å². The third-order valence-electron chi connectivity index (χ3n) is 4.05. The summed E-state index contributed by atoms with van der Waals surface area (Å²) in [4.78, 5) is 12.2. The van der Waals surface area contributed by atoms with E-state index in [0.29, 0.717) is 24.1 Å². The number of nitrogens with two attached hydrogens (primary N) is 1. The third kappa shape index (κ3) is 2.67. The average Bonchev–Trinajstić information content (AvgIpc) is 2.89. The lowest BCUT2D eigenvalue weighted by Crippen LogP contribution is -2.35. The van der Waals surface area contributed by atoms with Gasteiger partial charge in [-0.25, -0.2) is 4.52 Å². The lowest BCUT2D eigenvalue weighted by Gasteiger charge is -2.26. The first-order valence-electron chi connectivity index (χ1n) is 7.20. The average molecular weight is 272 g/mol. The fourth-order valence-corrected chi connectivity index (χ4v) is 2.96. The van der Waals surface area contributed by atoms with Crippen LogP contribution in [0.2, 0.25) is 0 Å². The second-order valence-corrected chi connectivity index (χ2v) is 5.59. The summed E-state index contributed by atoms with van der Waals surface area (Å²) in [7, 11) is 0. The zero-order valence-electron chi connectivity index (χ0n) is 11.5. The molecule has 0 aromatic carbocycles. The van der Waals surface area contributed by atoms with E-state index in [0.717, 1.165) is 24.8 Å². The number of hydrogen-bond donors (Lipinski definition) is 2. The molecule has 0 aliphatic heterocycles. The number of carbonyl (C=O) groups excluding carboxylic acids is 1. The van der Waals surface area contributed by atoms with Gasteiger partial charge >= 0.3 is 0 Å². The summed E-state index contributed by atoms with van der Waals surface area (Å²) in [5.74, 6) is 0.454. The Hall–Kier alpha value is -1.88. The van der Waals surface area contributed by atoms with E-state index in [2.05, 4.69) is 10.4 Å². The van der Waals surface area contributed by atoms with Crippen LogP contribution >= 0.6 is 0 Å². The fraction of sp³-hybridized carbons (Fsp3) is 0.467. The van der Waals surface area contributed by atoms with Crippen LogP contribution in [0.4, 0.5) is 0 Å². The molecular weight excluding hydrogens is 252 g/mol. The molecule has 2 atom stereocenters. The first-order valence-corrected chi connectivity index (χ1v) is 7.20. The second-order valence-electron chi connectivity index (χ2n) is 5.59. The molecule has 3 N–H and O–H groups in total. The van der Waals surface area contributed by atoms with Crippen molar-refractivity contribution in [3.05, 3.63) is 36.2 Å². The van der Waals surface area contributed by atoms with Gasteiger partial charge in [-0.1, -0.05) is 12.5 Å². The minimum Gasteiger partial charge on any atom is -0.352 e.